The van der Waals surface area contributed by atoms with Crippen LogP contribution in [0.25, 0.3) is 0 Å². The Morgan fingerprint density at radius 3 is 2.64 bits per heavy atom. The summed E-state index contributed by atoms with van der Waals surface area (Å²) in [6.07, 6.45) is 3.83. The number of amidine groups is 1. The van der Waals surface area contributed by atoms with Gasteiger partial charge in [-0.3, -0.25) is 4.99 Å². The highest BCUT2D eigenvalue weighted by molar-refractivity contribution is 7.88. The normalized spacial score (nSPS) is 20.4. The molecule has 1 fully saturated rings. The molecule has 3 heterocycles. The Kier molecular flexibility index (Phi) is 6.85. The van der Waals surface area contributed by atoms with E-state index >= 15 is 0 Å². The summed E-state index contributed by atoms with van der Waals surface area (Å²) in [5, 5.41) is 5.65. The number of benzene rings is 1. The molecule has 176 valence electrons. The molecule has 0 radical (unpaired) electrons. The van der Waals surface area contributed by atoms with Crippen LogP contribution in [0.5, 0.6) is 0 Å². The van der Waals surface area contributed by atoms with Crippen molar-refractivity contribution in [3.63, 3.8) is 0 Å². The van der Waals surface area contributed by atoms with Gasteiger partial charge in [-0.05, 0) is 30.5 Å². The van der Waals surface area contributed by atoms with Crippen LogP contribution in [-0.4, -0.2) is 56.0 Å². The number of aliphatic imine (C=N–C) groups is 1. The number of methoxy groups -OCH3 is 1. The third-order valence-electron chi connectivity index (χ3n) is 5.71. The number of carbonyl (C=O) groups excluding carboxylic acids is 1. The number of halogens is 2. The summed E-state index contributed by atoms with van der Waals surface area (Å²) < 4.78 is 44.7. The number of esters is 1. The van der Waals surface area contributed by atoms with Gasteiger partial charge in [-0.1, -0.05) is 17.7 Å². The van der Waals surface area contributed by atoms with Crippen LogP contribution in [0.2, 0.25) is 5.02 Å². The van der Waals surface area contributed by atoms with Gasteiger partial charge >= 0.3 is 5.97 Å². The van der Waals surface area contributed by atoms with Crippen LogP contribution in [0.4, 0.5) is 4.39 Å². The maximum absolute atomic E-state index is 14.3. The number of ether oxygens (including phenoxy) is 1. The van der Waals surface area contributed by atoms with E-state index in [9.17, 15) is 17.6 Å². The van der Waals surface area contributed by atoms with Crippen LogP contribution < -0.4 is 5.32 Å². The highest BCUT2D eigenvalue weighted by atomic mass is 35.5. The fourth-order valence-electron chi connectivity index (χ4n) is 4.07. The minimum Gasteiger partial charge on any atom is -0.466 e. The third-order valence-corrected chi connectivity index (χ3v) is 8.10. The van der Waals surface area contributed by atoms with Gasteiger partial charge in [-0.15, -0.1) is 11.3 Å². The van der Waals surface area contributed by atoms with E-state index < -0.39 is 27.9 Å². The van der Waals surface area contributed by atoms with Crippen LogP contribution in [0.15, 0.2) is 46.0 Å². The Labute approximate surface area is 200 Å². The van der Waals surface area contributed by atoms with Gasteiger partial charge in [-0.25, -0.2) is 26.9 Å². The molecule has 8 nitrogen and oxygen atoms in total. The van der Waals surface area contributed by atoms with Crippen LogP contribution in [0.3, 0.4) is 0 Å². The molecule has 1 unspecified atom stereocenters. The van der Waals surface area contributed by atoms with Crippen molar-refractivity contribution in [3.8, 4) is 0 Å². The Bertz CT molecular complexity index is 1220. The number of rotatable bonds is 5. The van der Waals surface area contributed by atoms with E-state index in [0.717, 1.165) is 0 Å². The maximum Gasteiger partial charge on any atom is 0.338 e. The molecule has 0 spiro atoms. The molecule has 0 amide bonds. The van der Waals surface area contributed by atoms with Crippen molar-refractivity contribution in [2.24, 2.45) is 10.9 Å². The number of hydrogen-bond acceptors (Lipinski definition) is 8. The second kappa shape index (κ2) is 9.49. The summed E-state index contributed by atoms with van der Waals surface area (Å²) in [5.74, 6) is -0.906. The zero-order chi connectivity index (χ0) is 23.8. The highest BCUT2D eigenvalue weighted by Crippen LogP contribution is 2.38. The second-order valence-electron chi connectivity index (χ2n) is 7.77. The van der Waals surface area contributed by atoms with E-state index in [0.29, 0.717) is 48.0 Å². The lowest BCUT2D eigenvalue weighted by molar-refractivity contribution is -0.136. The number of nitrogens with one attached hydrogen (secondary N) is 1. The molecular weight excluding hydrogens is 491 g/mol. The summed E-state index contributed by atoms with van der Waals surface area (Å²) >= 11 is 7.24. The molecular formula is C21H22ClFN4O4S2. The lowest BCUT2D eigenvalue weighted by atomic mass is 9.86. The standard InChI is InChI=1S/C21H22ClFN4O4S2/c1-31-21(28)16-17(12-5-8-27(9-6-12)33(2,29)30)25-19(20-24-7-10-32-20)26-18(16)13-3-4-14(22)15(23)11-13/h3-4,7,10-12,18H,5-6,8-9H2,1-2H3,(H,25,26). The van der Waals surface area contributed by atoms with Gasteiger partial charge in [0, 0.05) is 36.3 Å². The van der Waals surface area contributed by atoms with Gasteiger partial charge in [-0.2, -0.15) is 0 Å². The van der Waals surface area contributed by atoms with Gasteiger partial charge in [0.05, 0.1) is 24.0 Å². The SMILES string of the molecule is COC(=O)C1=C(C2CCN(S(C)(=O)=O)CC2)NC(c2nccs2)=NC1c1ccc(Cl)c(F)c1. The maximum atomic E-state index is 14.3. The second-order valence-corrected chi connectivity index (χ2v) is 11.1. The van der Waals surface area contributed by atoms with E-state index in [-0.39, 0.29) is 16.5 Å². The molecule has 1 saturated heterocycles. The monoisotopic (exact) mass is 512 g/mol. The number of carbonyl (C=O) groups is 1. The number of nitrogens with zero attached hydrogens (tertiary/aromatic N) is 3. The molecule has 0 aliphatic carbocycles. The van der Waals surface area contributed by atoms with Crippen molar-refractivity contribution in [3.05, 3.63) is 62.5 Å². The average Bonchev–Trinajstić information content (AvgIpc) is 3.34. The zero-order valence-electron chi connectivity index (χ0n) is 17.9. The quantitative estimate of drug-likeness (QED) is 0.618. The number of piperidine rings is 1. The van der Waals surface area contributed by atoms with Crippen molar-refractivity contribution in [2.45, 2.75) is 18.9 Å². The van der Waals surface area contributed by atoms with Gasteiger partial charge in [0.25, 0.3) is 0 Å². The molecule has 12 heteroatoms. The summed E-state index contributed by atoms with van der Waals surface area (Å²) in [6, 6.07) is 3.46. The fraction of sp³-hybridized carbons (Fsp3) is 0.381. The number of aromatic nitrogens is 1. The molecule has 2 aliphatic heterocycles. The van der Waals surface area contributed by atoms with Gasteiger partial charge in [0.15, 0.2) is 10.8 Å². The average molecular weight is 513 g/mol. The van der Waals surface area contributed by atoms with Crippen molar-refractivity contribution >= 4 is 44.8 Å². The molecule has 1 atom stereocenters. The predicted octanol–water partition coefficient (Wildman–Crippen LogP) is 3.13. The van der Waals surface area contributed by atoms with Crippen LogP contribution in [0, 0.1) is 11.7 Å². The lowest BCUT2D eigenvalue weighted by Gasteiger charge is -2.35. The minimum absolute atomic E-state index is 0.0335. The number of hydrogen-bond donors (Lipinski definition) is 1. The molecule has 1 aromatic heterocycles. The smallest absolute Gasteiger partial charge is 0.338 e. The van der Waals surface area contributed by atoms with E-state index in [2.05, 4.69) is 10.3 Å². The predicted molar refractivity (Wildman–Crippen MR) is 124 cm³/mol. The molecule has 0 saturated carbocycles. The van der Waals surface area contributed by atoms with Gasteiger partial charge in [0.2, 0.25) is 10.0 Å². The number of allylic oxidation sites excluding steroid dienone is 1. The van der Waals surface area contributed by atoms with Crippen molar-refractivity contribution in [2.75, 3.05) is 26.5 Å². The van der Waals surface area contributed by atoms with Crippen molar-refractivity contribution in [1.82, 2.24) is 14.6 Å². The van der Waals surface area contributed by atoms with Gasteiger partial charge < -0.3 is 10.1 Å². The summed E-state index contributed by atoms with van der Waals surface area (Å²) in [6.45, 7) is 0.653. The number of sulfonamides is 1. The first kappa shape index (κ1) is 23.8. The zero-order valence-corrected chi connectivity index (χ0v) is 20.3. The molecule has 2 aliphatic rings. The lowest BCUT2D eigenvalue weighted by Crippen LogP contribution is -2.42. The molecule has 0 bridgehead atoms. The third kappa shape index (κ3) is 4.96. The molecule has 1 N–H and O–H groups in total. The van der Waals surface area contributed by atoms with Crippen LogP contribution in [-0.2, 0) is 19.6 Å². The molecule has 1 aromatic carbocycles. The topological polar surface area (TPSA) is 101 Å². The number of thiazole rings is 1. The largest absolute Gasteiger partial charge is 0.466 e. The van der Waals surface area contributed by atoms with Crippen LogP contribution in [0.1, 0.15) is 29.5 Å². The molecule has 2 aromatic rings. The van der Waals surface area contributed by atoms with Crippen LogP contribution >= 0.6 is 22.9 Å². The first-order valence-electron chi connectivity index (χ1n) is 10.2. The Morgan fingerprint density at radius 1 is 1.33 bits per heavy atom. The van der Waals surface area contributed by atoms with E-state index in [1.165, 1.54) is 41.1 Å². The Morgan fingerprint density at radius 2 is 2.06 bits per heavy atom. The first-order chi connectivity index (χ1) is 15.7. The fourth-order valence-corrected chi connectivity index (χ4v) is 5.65. The van der Waals surface area contributed by atoms with E-state index in [1.54, 1.807) is 17.6 Å². The molecule has 33 heavy (non-hydrogen) atoms. The summed E-state index contributed by atoms with van der Waals surface area (Å²) in [7, 11) is -2.03. The Hall–Kier alpha value is -2.34. The van der Waals surface area contributed by atoms with Crippen molar-refractivity contribution < 1.29 is 22.3 Å². The Balaban J connectivity index is 1.80. The summed E-state index contributed by atoms with van der Waals surface area (Å²) in [4.78, 5) is 22.0. The van der Waals surface area contributed by atoms with E-state index in [4.69, 9.17) is 21.3 Å². The van der Waals surface area contributed by atoms with E-state index in [1.807, 2.05) is 0 Å². The van der Waals surface area contributed by atoms with Crippen molar-refractivity contribution in [1.29, 1.82) is 0 Å². The minimum atomic E-state index is -3.30. The summed E-state index contributed by atoms with van der Waals surface area (Å²) in [5.41, 5.74) is 1.30. The first-order valence-corrected chi connectivity index (χ1v) is 13.3. The molecule has 4 rings (SSSR count). The van der Waals surface area contributed by atoms with Gasteiger partial charge in [0.1, 0.15) is 11.9 Å². The highest BCUT2D eigenvalue weighted by Gasteiger charge is 2.37.